The van der Waals surface area contributed by atoms with Crippen molar-refractivity contribution in [2.24, 2.45) is 0 Å². The fourth-order valence-electron chi connectivity index (χ4n) is 1.87. The zero-order valence-corrected chi connectivity index (χ0v) is 13.7. The van der Waals surface area contributed by atoms with Crippen molar-refractivity contribution in [2.75, 3.05) is 7.11 Å². The third-order valence-electron chi connectivity index (χ3n) is 2.85. The van der Waals surface area contributed by atoms with Crippen LogP contribution in [0, 0.1) is 0 Å². The van der Waals surface area contributed by atoms with Crippen LogP contribution in [0.2, 0.25) is 10.0 Å². The van der Waals surface area contributed by atoms with Gasteiger partial charge in [0.25, 0.3) is 0 Å². The lowest BCUT2D eigenvalue weighted by Gasteiger charge is -2.09. The van der Waals surface area contributed by atoms with E-state index in [1.165, 1.54) is 0 Å². The molecule has 0 saturated carbocycles. The maximum absolute atomic E-state index is 12.4. The second kappa shape index (κ2) is 6.61. The van der Waals surface area contributed by atoms with Gasteiger partial charge in [-0.2, -0.15) is 0 Å². The van der Waals surface area contributed by atoms with Crippen LogP contribution in [0.15, 0.2) is 40.9 Å². The van der Waals surface area contributed by atoms with E-state index in [-0.39, 0.29) is 12.2 Å². The number of Topliss-reactive ketones (excluding diaryl/α,β-unsaturated/α-hetero) is 1. The predicted molar refractivity (Wildman–Crippen MR) is 85.2 cm³/mol. The monoisotopic (exact) mass is 372 g/mol. The summed E-state index contributed by atoms with van der Waals surface area (Å²) in [6.07, 6.45) is 0.180. The lowest BCUT2D eigenvalue weighted by Crippen LogP contribution is -2.06. The lowest BCUT2D eigenvalue weighted by molar-refractivity contribution is 0.0992. The van der Waals surface area contributed by atoms with E-state index in [0.29, 0.717) is 25.8 Å². The van der Waals surface area contributed by atoms with Gasteiger partial charge in [0.1, 0.15) is 5.75 Å². The van der Waals surface area contributed by atoms with Crippen molar-refractivity contribution in [2.45, 2.75) is 6.42 Å². The van der Waals surface area contributed by atoms with E-state index in [1.54, 1.807) is 43.5 Å². The number of carbonyl (C=O) groups excluding carboxylic acids is 1. The Morgan fingerprint density at radius 2 is 2.00 bits per heavy atom. The molecule has 5 heteroatoms. The molecule has 0 aliphatic heterocycles. The molecule has 0 amide bonds. The van der Waals surface area contributed by atoms with E-state index in [1.807, 2.05) is 0 Å². The normalized spacial score (nSPS) is 10.4. The summed E-state index contributed by atoms with van der Waals surface area (Å²) in [5.41, 5.74) is 1.21. The molecular formula is C15H11BrCl2O2. The smallest absolute Gasteiger partial charge is 0.168 e. The van der Waals surface area contributed by atoms with Gasteiger partial charge in [-0.25, -0.2) is 0 Å². The Kier molecular flexibility index (Phi) is 5.08. The Balaban J connectivity index is 2.32. The van der Waals surface area contributed by atoms with E-state index in [2.05, 4.69) is 15.9 Å². The first-order chi connectivity index (χ1) is 9.52. The number of ether oxygens (including phenoxy) is 1. The number of methoxy groups -OCH3 is 1. The SMILES string of the molecule is COc1ccc(Cl)cc1CC(=O)c1cccc(Br)c1Cl. The standard InChI is InChI=1S/C15H11BrCl2O2/c1-20-14-6-5-10(17)7-9(14)8-13(19)11-3-2-4-12(16)15(11)18/h2-7H,8H2,1H3. The van der Waals surface area contributed by atoms with Gasteiger partial charge >= 0.3 is 0 Å². The Bertz CT molecular complexity index is 656. The quantitative estimate of drug-likeness (QED) is 0.689. The van der Waals surface area contributed by atoms with E-state index in [9.17, 15) is 4.79 Å². The van der Waals surface area contributed by atoms with Gasteiger partial charge in [-0.3, -0.25) is 4.79 Å². The number of benzene rings is 2. The first kappa shape index (κ1) is 15.4. The molecule has 0 spiro atoms. The fraction of sp³-hybridized carbons (Fsp3) is 0.133. The molecule has 0 aliphatic carbocycles. The molecule has 0 atom stereocenters. The van der Waals surface area contributed by atoms with Crippen molar-refractivity contribution in [1.82, 2.24) is 0 Å². The zero-order chi connectivity index (χ0) is 14.7. The zero-order valence-electron chi connectivity index (χ0n) is 10.6. The minimum Gasteiger partial charge on any atom is -0.496 e. The molecule has 2 nitrogen and oxygen atoms in total. The molecule has 20 heavy (non-hydrogen) atoms. The molecule has 2 rings (SSSR count). The van der Waals surface area contributed by atoms with Crippen molar-refractivity contribution in [3.8, 4) is 5.75 Å². The summed E-state index contributed by atoms with van der Waals surface area (Å²) in [5, 5.41) is 0.979. The third-order valence-corrected chi connectivity index (χ3v) is 4.38. The molecule has 0 fully saturated rings. The van der Waals surface area contributed by atoms with Crippen molar-refractivity contribution < 1.29 is 9.53 Å². The highest BCUT2D eigenvalue weighted by Crippen LogP contribution is 2.29. The van der Waals surface area contributed by atoms with Crippen LogP contribution >= 0.6 is 39.1 Å². The molecule has 104 valence electrons. The molecule has 2 aromatic carbocycles. The van der Waals surface area contributed by atoms with E-state index in [4.69, 9.17) is 27.9 Å². The molecular weight excluding hydrogens is 363 g/mol. The van der Waals surface area contributed by atoms with E-state index >= 15 is 0 Å². The predicted octanol–water partition coefficient (Wildman–Crippen LogP) is 5.19. The molecule has 0 aromatic heterocycles. The molecule has 0 unspecified atom stereocenters. The summed E-state index contributed by atoms with van der Waals surface area (Å²) in [5.74, 6) is 0.547. The number of carbonyl (C=O) groups is 1. The topological polar surface area (TPSA) is 26.3 Å². The Hall–Kier alpha value is -1.03. The largest absolute Gasteiger partial charge is 0.496 e. The van der Waals surface area contributed by atoms with Crippen LogP contribution in [-0.2, 0) is 6.42 Å². The number of halogens is 3. The van der Waals surface area contributed by atoms with Gasteiger partial charge in [0.05, 0.1) is 12.1 Å². The van der Waals surface area contributed by atoms with Gasteiger partial charge in [0, 0.05) is 27.0 Å². The van der Waals surface area contributed by atoms with Crippen molar-refractivity contribution in [3.63, 3.8) is 0 Å². The molecule has 0 radical (unpaired) electrons. The van der Waals surface area contributed by atoms with Gasteiger partial charge in [-0.15, -0.1) is 0 Å². The fourth-order valence-corrected chi connectivity index (χ4v) is 2.66. The minimum atomic E-state index is -0.0862. The molecule has 2 aromatic rings. The van der Waals surface area contributed by atoms with Crippen LogP contribution < -0.4 is 4.74 Å². The molecule has 0 heterocycles. The first-order valence-corrected chi connectivity index (χ1v) is 7.37. The van der Waals surface area contributed by atoms with E-state index in [0.717, 1.165) is 5.56 Å². The Morgan fingerprint density at radius 1 is 1.25 bits per heavy atom. The van der Waals surface area contributed by atoms with Crippen molar-refractivity contribution in [1.29, 1.82) is 0 Å². The van der Waals surface area contributed by atoms with Gasteiger partial charge < -0.3 is 4.74 Å². The van der Waals surface area contributed by atoms with Gasteiger partial charge in [0.15, 0.2) is 5.78 Å². The molecule has 0 bridgehead atoms. The van der Waals surface area contributed by atoms with Crippen LogP contribution in [0.5, 0.6) is 5.75 Å². The van der Waals surface area contributed by atoms with Crippen molar-refractivity contribution >= 4 is 44.9 Å². The summed E-state index contributed by atoms with van der Waals surface area (Å²) in [6.45, 7) is 0. The van der Waals surface area contributed by atoms with Gasteiger partial charge in [0.2, 0.25) is 0 Å². The number of ketones is 1. The molecule has 0 saturated heterocycles. The van der Waals surface area contributed by atoms with E-state index < -0.39 is 0 Å². The van der Waals surface area contributed by atoms with Crippen LogP contribution in [0.25, 0.3) is 0 Å². The number of hydrogen-bond acceptors (Lipinski definition) is 2. The highest BCUT2D eigenvalue weighted by atomic mass is 79.9. The van der Waals surface area contributed by atoms with Crippen LogP contribution in [0.3, 0.4) is 0 Å². The Labute approximate surface area is 135 Å². The summed E-state index contributed by atoms with van der Waals surface area (Å²) in [4.78, 5) is 12.4. The molecule has 0 aliphatic rings. The average molecular weight is 374 g/mol. The Morgan fingerprint density at radius 3 is 2.70 bits per heavy atom. The molecule has 0 N–H and O–H groups in total. The maximum Gasteiger partial charge on any atom is 0.168 e. The van der Waals surface area contributed by atoms with Crippen LogP contribution in [0.4, 0.5) is 0 Å². The average Bonchev–Trinajstić information content (AvgIpc) is 2.42. The third kappa shape index (κ3) is 3.35. The second-order valence-electron chi connectivity index (χ2n) is 4.16. The van der Waals surface area contributed by atoms with Gasteiger partial charge in [-0.1, -0.05) is 29.3 Å². The summed E-state index contributed by atoms with van der Waals surface area (Å²) in [7, 11) is 1.56. The highest BCUT2D eigenvalue weighted by Gasteiger charge is 2.15. The number of hydrogen-bond donors (Lipinski definition) is 0. The summed E-state index contributed by atoms with van der Waals surface area (Å²) >= 11 is 15.4. The number of rotatable bonds is 4. The maximum atomic E-state index is 12.4. The highest BCUT2D eigenvalue weighted by molar-refractivity contribution is 9.10. The van der Waals surface area contributed by atoms with Crippen LogP contribution in [0.1, 0.15) is 15.9 Å². The summed E-state index contributed by atoms with van der Waals surface area (Å²) in [6, 6.07) is 10.5. The second-order valence-corrected chi connectivity index (χ2v) is 5.83. The van der Waals surface area contributed by atoms with Crippen molar-refractivity contribution in [3.05, 3.63) is 62.0 Å². The summed E-state index contributed by atoms with van der Waals surface area (Å²) < 4.78 is 5.94. The lowest BCUT2D eigenvalue weighted by atomic mass is 10.0. The van der Waals surface area contributed by atoms with Crippen LogP contribution in [-0.4, -0.2) is 12.9 Å². The van der Waals surface area contributed by atoms with Gasteiger partial charge in [-0.05, 0) is 46.3 Å². The first-order valence-electron chi connectivity index (χ1n) is 5.82. The minimum absolute atomic E-state index is 0.0862.